The van der Waals surface area contributed by atoms with Gasteiger partial charge in [0.05, 0.1) is 4.92 Å². The zero-order valence-electron chi connectivity index (χ0n) is 11.2. The summed E-state index contributed by atoms with van der Waals surface area (Å²) in [4.78, 5) is 23.0. The molecule has 0 unspecified atom stereocenters. The minimum atomic E-state index is -0.740. The molecular formula is C12H16N2O4S. The molecule has 0 saturated carbocycles. The van der Waals surface area contributed by atoms with E-state index < -0.39 is 22.2 Å². The summed E-state index contributed by atoms with van der Waals surface area (Å²) in [6, 6.07) is 2.99. The first-order chi connectivity index (χ1) is 8.67. The van der Waals surface area contributed by atoms with Crippen LogP contribution >= 0.6 is 11.8 Å². The molecule has 0 aliphatic carbocycles. The highest BCUT2D eigenvalue weighted by Gasteiger charge is 2.30. The minimum absolute atomic E-state index is 0.0522. The first kappa shape index (κ1) is 15.3. The molecule has 2 N–H and O–H groups in total. The highest BCUT2D eigenvalue weighted by Crippen LogP contribution is 2.35. The lowest BCUT2D eigenvalue weighted by Gasteiger charge is -2.20. The van der Waals surface area contributed by atoms with Crippen molar-refractivity contribution in [3.05, 3.63) is 27.8 Å². The summed E-state index contributed by atoms with van der Waals surface area (Å²) < 4.78 is 5.20. The van der Waals surface area contributed by atoms with Gasteiger partial charge >= 0.3 is 11.7 Å². The number of thioether (sulfide) groups is 1. The van der Waals surface area contributed by atoms with E-state index in [1.54, 1.807) is 33.1 Å². The summed E-state index contributed by atoms with van der Waals surface area (Å²) in [6.07, 6.45) is 1.73. The van der Waals surface area contributed by atoms with Gasteiger partial charge in [-0.15, -0.1) is 11.8 Å². The molecule has 0 fully saturated rings. The van der Waals surface area contributed by atoms with Crippen LogP contribution in [0.1, 0.15) is 31.1 Å². The van der Waals surface area contributed by atoms with Crippen molar-refractivity contribution < 1.29 is 14.5 Å². The number of anilines is 1. The van der Waals surface area contributed by atoms with E-state index in [-0.39, 0.29) is 11.3 Å². The number of nitro benzene ring substituents is 1. The Morgan fingerprint density at radius 3 is 2.42 bits per heavy atom. The van der Waals surface area contributed by atoms with E-state index in [0.29, 0.717) is 4.90 Å². The molecule has 0 radical (unpaired) electrons. The predicted molar refractivity (Wildman–Crippen MR) is 74.5 cm³/mol. The summed E-state index contributed by atoms with van der Waals surface area (Å²) in [5.74, 6) is -0.740. The van der Waals surface area contributed by atoms with Crippen molar-refractivity contribution in [1.29, 1.82) is 0 Å². The fourth-order valence-corrected chi connectivity index (χ4v) is 2.07. The molecule has 0 aliphatic rings. The fraction of sp³-hybridized carbons (Fsp3) is 0.417. The van der Waals surface area contributed by atoms with Crippen LogP contribution in [0.2, 0.25) is 0 Å². The third-order valence-corrected chi connectivity index (χ3v) is 2.96. The highest BCUT2D eigenvalue weighted by molar-refractivity contribution is 7.98. The van der Waals surface area contributed by atoms with Crippen molar-refractivity contribution in [2.45, 2.75) is 31.3 Å². The van der Waals surface area contributed by atoms with Gasteiger partial charge in [-0.25, -0.2) is 4.79 Å². The van der Waals surface area contributed by atoms with Crippen LogP contribution in [-0.2, 0) is 4.74 Å². The average molecular weight is 284 g/mol. The number of hydrogen-bond donors (Lipinski definition) is 1. The minimum Gasteiger partial charge on any atom is -0.456 e. The second kappa shape index (κ2) is 5.48. The van der Waals surface area contributed by atoms with E-state index in [9.17, 15) is 14.9 Å². The largest absolute Gasteiger partial charge is 0.456 e. The van der Waals surface area contributed by atoms with E-state index in [1.165, 1.54) is 17.8 Å². The maximum atomic E-state index is 12.1. The van der Waals surface area contributed by atoms with E-state index >= 15 is 0 Å². The van der Waals surface area contributed by atoms with Crippen LogP contribution in [0.3, 0.4) is 0 Å². The SMILES string of the molecule is CSc1ccc(N)c([N+](=O)[O-])c1C(=O)OC(C)(C)C. The van der Waals surface area contributed by atoms with Crippen LogP contribution in [-0.4, -0.2) is 22.7 Å². The van der Waals surface area contributed by atoms with Gasteiger partial charge in [0.1, 0.15) is 11.3 Å². The van der Waals surface area contributed by atoms with Crippen LogP contribution in [0, 0.1) is 10.1 Å². The maximum Gasteiger partial charge on any atom is 0.346 e. The van der Waals surface area contributed by atoms with Crippen molar-refractivity contribution in [3.63, 3.8) is 0 Å². The summed E-state index contributed by atoms with van der Waals surface area (Å²) in [5, 5.41) is 11.1. The van der Waals surface area contributed by atoms with Gasteiger partial charge < -0.3 is 10.5 Å². The lowest BCUT2D eigenvalue weighted by Crippen LogP contribution is -2.25. The summed E-state index contributed by atoms with van der Waals surface area (Å²) in [5.41, 5.74) is 4.31. The molecule has 0 spiro atoms. The summed E-state index contributed by atoms with van der Waals surface area (Å²) >= 11 is 1.23. The first-order valence-corrected chi connectivity index (χ1v) is 6.74. The van der Waals surface area contributed by atoms with Gasteiger partial charge in [-0.1, -0.05) is 0 Å². The van der Waals surface area contributed by atoms with Crippen molar-refractivity contribution in [2.24, 2.45) is 0 Å². The second-order valence-electron chi connectivity index (χ2n) is 4.84. The smallest absolute Gasteiger partial charge is 0.346 e. The number of rotatable bonds is 3. The monoisotopic (exact) mass is 284 g/mol. The van der Waals surface area contributed by atoms with Gasteiger partial charge in [-0.05, 0) is 39.2 Å². The molecular weight excluding hydrogens is 268 g/mol. The maximum absolute atomic E-state index is 12.1. The third kappa shape index (κ3) is 3.60. The predicted octanol–water partition coefficient (Wildman–Crippen LogP) is 2.85. The summed E-state index contributed by atoms with van der Waals surface area (Å²) in [6.45, 7) is 5.09. The van der Waals surface area contributed by atoms with E-state index in [2.05, 4.69) is 0 Å². The number of ether oxygens (including phenoxy) is 1. The van der Waals surface area contributed by atoms with Gasteiger partial charge in [0.25, 0.3) is 0 Å². The van der Waals surface area contributed by atoms with Crippen LogP contribution in [0.4, 0.5) is 11.4 Å². The molecule has 0 heterocycles. The number of nitro groups is 1. The molecule has 6 nitrogen and oxygen atoms in total. The van der Waals surface area contributed by atoms with E-state index in [4.69, 9.17) is 10.5 Å². The Bertz CT molecular complexity index is 523. The number of nitrogens with two attached hydrogens (primary N) is 1. The van der Waals surface area contributed by atoms with Crippen molar-refractivity contribution in [1.82, 2.24) is 0 Å². The van der Waals surface area contributed by atoms with Crippen molar-refractivity contribution in [2.75, 3.05) is 12.0 Å². The molecule has 0 bridgehead atoms. The number of hydrogen-bond acceptors (Lipinski definition) is 6. The molecule has 7 heteroatoms. The number of carbonyl (C=O) groups excluding carboxylic acids is 1. The number of carbonyl (C=O) groups is 1. The molecule has 0 saturated heterocycles. The van der Waals surface area contributed by atoms with Crippen LogP contribution in [0.5, 0.6) is 0 Å². The quantitative estimate of drug-likeness (QED) is 0.301. The standard InChI is InChI=1S/C12H16N2O4S/c1-12(2,3)18-11(15)9-8(19-4)6-5-7(13)10(9)14(16)17/h5-6H,13H2,1-4H3. The Labute approximate surface area is 115 Å². The van der Waals surface area contributed by atoms with Crippen LogP contribution < -0.4 is 5.73 Å². The molecule has 104 valence electrons. The first-order valence-electron chi connectivity index (χ1n) is 5.51. The number of nitrogen functional groups attached to an aromatic ring is 1. The highest BCUT2D eigenvalue weighted by atomic mass is 32.2. The third-order valence-electron chi connectivity index (χ3n) is 2.18. The molecule has 0 amide bonds. The second-order valence-corrected chi connectivity index (χ2v) is 5.69. The Kier molecular flexibility index (Phi) is 4.41. The van der Waals surface area contributed by atoms with Gasteiger partial charge in [-0.2, -0.15) is 0 Å². The topological polar surface area (TPSA) is 95.5 Å². The van der Waals surface area contributed by atoms with Gasteiger partial charge in [0.15, 0.2) is 5.56 Å². The van der Waals surface area contributed by atoms with Gasteiger partial charge in [0, 0.05) is 4.90 Å². The zero-order chi connectivity index (χ0) is 14.8. The molecule has 1 aromatic rings. The normalized spacial score (nSPS) is 11.2. The Hall–Kier alpha value is -1.76. The Balaban J connectivity index is 3.42. The lowest BCUT2D eigenvalue weighted by molar-refractivity contribution is -0.384. The van der Waals surface area contributed by atoms with Crippen molar-refractivity contribution in [3.8, 4) is 0 Å². The lowest BCUT2D eigenvalue weighted by atomic mass is 10.1. The molecule has 19 heavy (non-hydrogen) atoms. The fourth-order valence-electron chi connectivity index (χ4n) is 1.48. The van der Waals surface area contributed by atoms with Gasteiger partial charge in [-0.3, -0.25) is 10.1 Å². The van der Waals surface area contributed by atoms with Crippen LogP contribution in [0.25, 0.3) is 0 Å². The van der Waals surface area contributed by atoms with Crippen LogP contribution in [0.15, 0.2) is 17.0 Å². The van der Waals surface area contributed by atoms with Gasteiger partial charge in [0.2, 0.25) is 0 Å². The van der Waals surface area contributed by atoms with Crippen molar-refractivity contribution >= 4 is 29.1 Å². The molecule has 1 rings (SSSR count). The van der Waals surface area contributed by atoms with E-state index in [0.717, 1.165) is 0 Å². The summed E-state index contributed by atoms with van der Waals surface area (Å²) in [7, 11) is 0. The molecule has 1 aromatic carbocycles. The Morgan fingerprint density at radius 1 is 1.42 bits per heavy atom. The Morgan fingerprint density at radius 2 is 2.00 bits per heavy atom. The number of benzene rings is 1. The number of nitrogens with zero attached hydrogens (tertiary/aromatic N) is 1. The molecule has 0 aliphatic heterocycles. The molecule has 0 aromatic heterocycles. The zero-order valence-corrected chi connectivity index (χ0v) is 12.0. The van der Waals surface area contributed by atoms with E-state index in [1.807, 2.05) is 0 Å². The molecule has 0 atom stereocenters. The average Bonchev–Trinajstić information content (AvgIpc) is 2.25. The number of esters is 1.